The predicted octanol–water partition coefficient (Wildman–Crippen LogP) is 6.26. The van der Waals surface area contributed by atoms with E-state index in [2.05, 4.69) is 41.5 Å². The first-order valence-corrected chi connectivity index (χ1v) is 18.4. The smallest absolute Gasteiger partial charge is 0.405 e. The molecule has 3 aromatic carbocycles. The van der Waals surface area contributed by atoms with Crippen LogP contribution in [-0.4, -0.2) is 92.7 Å². The van der Waals surface area contributed by atoms with Crippen LogP contribution >= 0.6 is 0 Å². The summed E-state index contributed by atoms with van der Waals surface area (Å²) in [5.41, 5.74) is 6.55. The molecule has 0 aliphatic carbocycles. The first kappa shape index (κ1) is 39.1. The number of fused-ring (bicyclic) bond motifs is 6. The number of aromatic amines is 1. The lowest BCUT2D eigenvalue weighted by Crippen LogP contribution is -2.47. The van der Waals surface area contributed by atoms with E-state index in [1.807, 2.05) is 63.8 Å². The number of allylic oxidation sites excluding steroid dienone is 1. The third kappa shape index (κ3) is 8.74. The van der Waals surface area contributed by atoms with Gasteiger partial charge in [-0.2, -0.15) is 0 Å². The molecule has 284 valence electrons. The number of hydrogen-bond acceptors (Lipinski definition) is 8. The molecule has 1 aromatic heterocycles. The number of hydrazine groups is 1. The first-order valence-electron chi connectivity index (χ1n) is 18.4. The van der Waals surface area contributed by atoms with E-state index >= 15 is 0 Å². The molecule has 0 radical (unpaired) electrons. The molecule has 0 saturated carbocycles. The number of hydrogen-bond donors (Lipinski definition) is 4. The van der Waals surface area contributed by atoms with Crippen molar-refractivity contribution in [3.8, 4) is 16.9 Å². The summed E-state index contributed by atoms with van der Waals surface area (Å²) in [6.45, 7) is 13.3. The number of methoxy groups -OCH3 is 1. The highest BCUT2D eigenvalue weighted by atomic mass is 16.5. The molecule has 2 heterocycles. The molecule has 3 amide bonds. The fraction of sp³-hybridized carbons (Fsp3) is 0.450. The normalized spacial score (nSPS) is 14.2. The Hall–Kier alpha value is -5.14. The Balaban J connectivity index is 1.38. The van der Waals surface area contributed by atoms with Crippen molar-refractivity contribution in [1.29, 1.82) is 0 Å². The molecular formula is C40H53N7O6. The van der Waals surface area contributed by atoms with Crippen LogP contribution in [0.15, 0.2) is 48.5 Å². The number of carboxylic acid groups (broad SMARTS) is 1. The Kier molecular flexibility index (Phi) is 12.6. The topological polar surface area (TPSA) is 166 Å². The number of H-pyrrole nitrogens is 1. The molecule has 0 saturated heterocycles. The number of aromatic nitrogens is 2. The third-order valence-corrected chi connectivity index (χ3v) is 10.1. The highest BCUT2D eigenvalue weighted by Crippen LogP contribution is 2.42. The average molecular weight is 728 g/mol. The molecule has 4 aromatic rings. The zero-order chi connectivity index (χ0) is 38.4. The van der Waals surface area contributed by atoms with Crippen molar-refractivity contribution < 1.29 is 29.0 Å². The maximum Gasteiger partial charge on any atom is 0.405 e. The molecule has 2 unspecified atom stereocenters. The van der Waals surface area contributed by atoms with E-state index in [0.29, 0.717) is 38.4 Å². The lowest BCUT2D eigenvalue weighted by Gasteiger charge is -2.34. The molecule has 1 aliphatic rings. The molecule has 0 fully saturated rings. The van der Waals surface area contributed by atoms with Crippen LogP contribution in [0.25, 0.3) is 38.6 Å². The average Bonchev–Trinajstić information content (AvgIpc) is 3.58. The van der Waals surface area contributed by atoms with Gasteiger partial charge in [-0.25, -0.2) is 15.6 Å². The van der Waals surface area contributed by atoms with Crippen molar-refractivity contribution in [3.05, 3.63) is 65.5 Å². The van der Waals surface area contributed by atoms with Crippen molar-refractivity contribution in [2.75, 3.05) is 26.7 Å². The minimum atomic E-state index is -1.24. The molecule has 0 spiro atoms. The second-order valence-corrected chi connectivity index (χ2v) is 13.8. The maximum absolute atomic E-state index is 13.0. The summed E-state index contributed by atoms with van der Waals surface area (Å²) in [5.74, 6) is 7.87. The van der Waals surface area contributed by atoms with Gasteiger partial charge in [0.05, 0.1) is 41.8 Å². The van der Waals surface area contributed by atoms with Crippen LogP contribution in [0.3, 0.4) is 0 Å². The maximum atomic E-state index is 13.0. The van der Waals surface area contributed by atoms with E-state index in [9.17, 15) is 14.4 Å². The fourth-order valence-electron chi connectivity index (χ4n) is 6.86. The van der Waals surface area contributed by atoms with E-state index < -0.39 is 6.09 Å². The Morgan fingerprint density at radius 2 is 1.85 bits per heavy atom. The van der Waals surface area contributed by atoms with Crippen molar-refractivity contribution >= 4 is 45.4 Å². The van der Waals surface area contributed by atoms with Gasteiger partial charge >= 0.3 is 6.09 Å². The summed E-state index contributed by atoms with van der Waals surface area (Å²) in [4.78, 5) is 48.7. The lowest BCUT2D eigenvalue weighted by molar-refractivity contribution is -0.134. The summed E-state index contributed by atoms with van der Waals surface area (Å²) in [5, 5.41) is 14.9. The zero-order valence-electron chi connectivity index (χ0n) is 31.9. The van der Waals surface area contributed by atoms with E-state index in [-0.39, 0.29) is 43.1 Å². The monoisotopic (exact) mass is 727 g/mol. The van der Waals surface area contributed by atoms with Crippen LogP contribution < -0.4 is 15.9 Å². The molecule has 53 heavy (non-hydrogen) atoms. The summed E-state index contributed by atoms with van der Waals surface area (Å²) < 4.78 is 11.7. The van der Waals surface area contributed by atoms with E-state index in [4.69, 9.17) is 25.4 Å². The van der Waals surface area contributed by atoms with Gasteiger partial charge in [-0.3, -0.25) is 9.59 Å². The second kappa shape index (κ2) is 17.1. The summed E-state index contributed by atoms with van der Waals surface area (Å²) in [6.07, 6.45) is 2.50. The standard InChI is InChI=1S/C40H53N7O6/c1-8-15-45(37(48)16-26(6)52-7)21-25(5)47(41)34(10-3)28-11-13-30-29(17-28)23-53-35-19-31-27(18-32(30)35)12-14-33-39(31)44-36(43-33)22-46(24(4)9-2)38(49)20-42-40(50)51/h10-14,17-19,24-26,42H,8-9,15-16,20-23,41H2,1-7H3,(H,43,44)(H,50,51)/b34-10-/t24-,25?,26?/m0/s1. The number of ether oxygens (including phenoxy) is 2. The number of nitrogens with one attached hydrogen (secondary N) is 2. The van der Waals surface area contributed by atoms with Gasteiger partial charge in [-0.15, -0.1) is 0 Å². The Morgan fingerprint density at radius 1 is 1.08 bits per heavy atom. The van der Waals surface area contributed by atoms with Crippen LogP contribution in [0.5, 0.6) is 5.75 Å². The quantitative estimate of drug-likeness (QED) is 0.0770. The van der Waals surface area contributed by atoms with Gasteiger partial charge in [-0.1, -0.05) is 38.1 Å². The Bertz CT molecular complexity index is 1990. The molecule has 5 rings (SSSR count). The minimum absolute atomic E-state index is 0.0572. The highest BCUT2D eigenvalue weighted by Gasteiger charge is 2.25. The van der Waals surface area contributed by atoms with Crippen LogP contribution in [0, 0.1) is 0 Å². The molecule has 0 bridgehead atoms. The molecule has 13 nitrogen and oxygen atoms in total. The summed E-state index contributed by atoms with van der Waals surface area (Å²) in [7, 11) is 1.62. The SMILES string of the molecule is C/C=C(/c1ccc2c(c1)COc1cc3c(ccc4nc(CN(C(=O)CNC(=O)O)[C@@H](C)CC)[nH]c43)cc1-2)N(N)C(C)CN(CCC)C(=O)CC(C)OC. The van der Waals surface area contributed by atoms with Gasteiger partial charge < -0.3 is 39.7 Å². The molecule has 5 N–H and O–H groups in total. The van der Waals surface area contributed by atoms with Crippen molar-refractivity contribution in [2.45, 2.75) is 92.1 Å². The first-order chi connectivity index (χ1) is 25.4. The van der Waals surface area contributed by atoms with E-state index in [0.717, 1.165) is 61.9 Å². The van der Waals surface area contributed by atoms with E-state index in [1.54, 1.807) is 17.0 Å². The highest BCUT2D eigenvalue weighted by molar-refractivity contribution is 6.07. The van der Waals surface area contributed by atoms with Crippen LogP contribution in [0.4, 0.5) is 4.79 Å². The van der Waals surface area contributed by atoms with Crippen molar-refractivity contribution in [2.24, 2.45) is 5.84 Å². The molecule has 13 heteroatoms. The molecule has 1 aliphatic heterocycles. The fourth-order valence-corrected chi connectivity index (χ4v) is 6.86. The van der Waals surface area contributed by atoms with Gasteiger partial charge in [0.25, 0.3) is 0 Å². The summed E-state index contributed by atoms with van der Waals surface area (Å²) >= 11 is 0. The largest absolute Gasteiger partial charge is 0.488 e. The van der Waals surface area contributed by atoms with Crippen molar-refractivity contribution in [3.63, 3.8) is 0 Å². The van der Waals surface area contributed by atoms with Gasteiger partial charge in [0.1, 0.15) is 24.7 Å². The van der Waals surface area contributed by atoms with E-state index in [1.165, 1.54) is 0 Å². The number of imidazole rings is 1. The van der Waals surface area contributed by atoms with Gasteiger partial charge in [0.2, 0.25) is 11.8 Å². The second-order valence-electron chi connectivity index (χ2n) is 13.8. The number of nitrogens with two attached hydrogens (primary N) is 1. The number of benzene rings is 3. The van der Waals surface area contributed by atoms with Crippen LogP contribution in [-0.2, 0) is 27.5 Å². The number of amides is 3. The molecule has 3 atom stereocenters. The van der Waals surface area contributed by atoms with Crippen LogP contribution in [0.1, 0.15) is 77.8 Å². The third-order valence-electron chi connectivity index (χ3n) is 10.1. The van der Waals surface area contributed by atoms with Gasteiger partial charge in [0, 0.05) is 37.2 Å². The molecular weight excluding hydrogens is 674 g/mol. The number of nitrogens with zero attached hydrogens (tertiary/aromatic N) is 4. The number of carbonyl (C=O) groups excluding carboxylic acids is 2. The number of rotatable bonds is 16. The van der Waals surface area contributed by atoms with Gasteiger partial charge in [-0.05, 0) is 86.9 Å². The number of carbonyl (C=O) groups is 3. The summed E-state index contributed by atoms with van der Waals surface area (Å²) in [6, 6.07) is 14.2. The van der Waals surface area contributed by atoms with Crippen molar-refractivity contribution in [1.82, 2.24) is 30.1 Å². The minimum Gasteiger partial charge on any atom is -0.488 e. The van der Waals surface area contributed by atoms with Gasteiger partial charge in [0.15, 0.2) is 0 Å². The lowest BCUT2D eigenvalue weighted by atomic mass is 9.92. The Labute approximate surface area is 311 Å². The zero-order valence-corrected chi connectivity index (χ0v) is 31.9. The predicted molar refractivity (Wildman–Crippen MR) is 207 cm³/mol. The Morgan fingerprint density at radius 3 is 2.53 bits per heavy atom. The van der Waals surface area contributed by atoms with Crippen LogP contribution in [0.2, 0.25) is 0 Å².